The van der Waals surface area contributed by atoms with Crippen molar-refractivity contribution in [2.75, 3.05) is 26.0 Å². The van der Waals surface area contributed by atoms with Crippen molar-refractivity contribution >= 4 is 52.7 Å². The monoisotopic (exact) mass is 537 g/mol. The van der Waals surface area contributed by atoms with E-state index in [0.717, 1.165) is 28.2 Å². The molecule has 0 spiro atoms. The van der Waals surface area contributed by atoms with Gasteiger partial charge in [0.2, 0.25) is 11.8 Å². The van der Waals surface area contributed by atoms with Crippen LogP contribution < -0.4 is 4.74 Å². The molecule has 1 atom stereocenters. The molecule has 1 unspecified atom stereocenters. The molecule has 1 fully saturated rings. The topological polar surface area (TPSA) is 72.9 Å². The maximum Gasteiger partial charge on any atom is 0.306 e. The number of esters is 1. The van der Waals surface area contributed by atoms with Crippen molar-refractivity contribution in [3.8, 4) is 5.75 Å². The number of halogens is 2. The highest BCUT2D eigenvalue weighted by Gasteiger charge is 2.28. The summed E-state index contributed by atoms with van der Waals surface area (Å²) in [6, 6.07) is 11.5. The van der Waals surface area contributed by atoms with Crippen molar-refractivity contribution in [2.45, 2.75) is 49.8 Å². The number of carbonyl (C=O) groups excluding carboxylic acids is 3. The number of aryl methyl sites for hydroxylation is 1. The Morgan fingerprint density at radius 3 is 2.49 bits per heavy atom. The predicted molar refractivity (Wildman–Crippen MR) is 138 cm³/mol. The summed E-state index contributed by atoms with van der Waals surface area (Å²) < 4.78 is 10.8. The van der Waals surface area contributed by atoms with Crippen LogP contribution in [-0.4, -0.2) is 48.7 Å². The number of benzene rings is 2. The summed E-state index contributed by atoms with van der Waals surface area (Å²) in [5.74, 6) is 0.825. The van der Waals surface area contributed by atoms with Crippen molar-refractivity contribution < 1.29 is 23.9 Å². The van der Waals surface area contributed by atoms with Gasteiger partial charge in [0.05, 0.1) is 30.2 Å². The van der Waals surface area contributed by atoms with E-state index in [2.05, 4.69) is 0 Å². The Bertz CT molecular complexity index is 1060. The molecule has 0 radical (unpaired) electrons. The van der Waals surface area contributed by atoms with Gasteiger partial charge in [0.25, 0.3) is 0 Å². The molecule has 1 saturated heterocycles. The summed E-state index contributed by atoms with van der Waals surface area (Å²) in [6.07, 6.45) is 2.31. The average Bonchev–Trinajstić information content (AvgIpc) is 3.16. The molecule has 1 heterocycles. The molecular formula is C26H29Cl2NO5S. The standard InChI is InChI=1S/C26H29Cl2NO5S/c1-3-34-26(32)16-19(18-7-8-20(27)21(28)15-18)6-4-17-5-9-23(22(14-17)33-2)35-13-12-29-24(30)10-11-25(29)31/h5,7-9,14-15,19H,3-4,6,10-13,16H2,1-2H3. The first kappa shape index (κ1) is 27.4. The summed E-state index contributed by atoms with van der Waals surface area (Å²) >= 11 is 13.8. The lowest BCUT2D eigenvalue weighted by atomic mass is 9.89. The van der Waals surface area contributed by atoms with Gasteiger partial charge in [-0.25, -0.2) is 0 Å². The van der Waals surface area contributed by atoms with E-state index in [4.69, 9.17) is 32.7 Å². The minimum absolute atomic E-state index is 0.0700. The van der Waals surface area contributed by atoms with Gasteiger partial charge in [-0.2, -0.15) is 0 Å². The van der Waals surface area contributed by atoms with Gasteiger partial charge >= 0.3 is 5.97 Å². The van der Waals surface area contributed by atoms with Gasteiger partial charge in [-0.15, -0.1) is 11.8 Å². The maximum atomic E-state index is 12.2. The zero-order valence-corrected chi connectivity index (χ0v) is 22.2. The van der Waals surface area contributed by atoms with Crippen molar-refractivity contribution in [3.63, 3.8) is 0 Å². The Kier molecular flexibility index (Phi) is 10.3. The molecule has 0 saturated carbocycles. The van der Waals surface area contributed by atoms with Crippen LogP contribution in [0.5, 0.6) is 5.75 Å². The predicted octanol–water partition coefficient (Wildman–Crippen LogP) is 5.91. The third kappa shape index (κ3) is 7.63. The Hall–Kier alpha value is -2.22. The van der Waals surface area contributed by atoms with Gasteiger partial charge in [0.1, 0.15) is 5.75 Å². The summed E-state index contributed by atoms with van der Waals surface area (Å²) in [5, 5.41) is 0.931. The lowest BCUT2D eigenvalue weighted by molar-refractivity contribution is -0.143. The van der Waals surface area contributed by atoms with Crippen LogP contribution in [0.1, 0.15) is 49.7 Å². The first-order chi connectivity index (χ1) is 16.8. The van der Waals surface area contributed by atoms with Crippen LogP contribution in [0, 0.1) is 0 Å². The van der Waals surface area contributed by atoms with Crippen LogP contribution in [0.4, 0.5) is 0 Å². The number of imide groups is 1. The van der Waals surface area contributed by atoms with E-state index in [9.17, 15) is 14.4 Å². The Labute approximate surface area is 220 Å². The van der Waals surface area contributed by atoms with Gasteiger partial charge in [0, 0.05) is 30.0 Å². The number of rotatable bonds is 12. The number of ether oxygens (including phenoxy) is 2. The second-order valence-electron chi connectivity index (χ2n) is 8.19. The normalized spacial score (nSPS) is 14.3. The van der Waals surface area contributed by atoms with Crippen LogP contribution >= 0.6 is 35.0 Å². The quantitative estimate of drug-likeness (QED) is 0.190. The Morgan fingerprint density at radius 1 is 1.09 bits per heavy atom. The summed E-state index contributed by atoms with van der Waals surface area (Å²) in [6.45, 7) is 2.52. The fourth-order valence-corrected chi connectivity index (χ4v) is 5.27. The van der Waals surface area contributed by atoms with Crippen LogP contribution in [0.2, 0.25) is 10.0 Å². The van der Waals surface area contributed by atoms with E-state index < -0.39 is 0 Å². The highest BCUT2D eigenvalue weighted by molar-refractivity contribution is 7.99. The second kappa shape index (κ2) is 13.2. The Balaban J connectivity index is 1.65. The molecule has 0 N–H and O–H groups in total. The van der Waals surface area contributed by atoms with Crippen molar-refractivity contribution in [1.82, 2.24) is 4.90 Å². The minimum atomic E-state index is -0.247. The van der Waals surface area contributed by atoms with Crippen LogP contribution in [-0.2, 0) is 25.5 Å². The highest BCUT2D eigenvalue weighted by atomic mass is 35.5. The summed E-state index contributed by atoms with van der Waals surface area (Å²) in [4.78, 5) is 38.1. The molecule has 2 aromatic carbocycles. The SMILES string of the molecule is CCOC(=O)CC(CCc1ccc(SCCN2C(=O)CCC2=O)c(OC)c1)c1ccc(Cl)c(Cl)c1. The number of thioether (sulfide) groups is 1. The van der Waals surface area contributed by atoms with E-state index in [-0.39, 0.29) is 30.1 Å². The molecule has 6 nitrogen and oxygen atoms in total. The molecular weight excluding hydrogens is 509 g/mol. The summed E-state index contributed by atoms with van der Waals surface area (Å²) in [5.41, 5.74) is 2.02. The van der Waals surface area contributed by atoms with Crippen LogP contribution in [0.3, 0.4) is 0 Å². The van der Waals surface area contributed by atoms with Crippen molar-refractivity contribution in [2.24, 2.45) is 0 Å². The van der Waals surface area contributed by atoms with Gasteiger partial charge in [-0.1, -0.05) is 35.3 Å². The Morgan fingerprint density at radius 2 is 1.83 bits per heavy atom. The molecule has 1 aliphatic heterocycles. The number of methoxy groups -OCH3 is 1. The third-order valence-electron chi connectivity index (χ3n) is 5.87. The largest absolute Gasteiger partial charge is 0.496 e. The van der Waals surface area contributed by atoms with E-state index >= 15 is 0 Å². The number of likely N-dealkylation sites (tertiary alicyclic amines) is 1. The number of hydrogen-bond donors (Lipinski definition) is 0. The summed E-state index contributed by atoms with van der Waals surface area (Å²) in [7, 11) is 1.62. The molecule has 0 aliphatic carbocycles. The minimum Gasteiger partial charge on any atom is -0.496 e. The molecule has 1 aliphatic rings. The molecule has 0 aromatic heterocycles. The van der Waals surface area contributed by atoms with E-state index in [1.54, 1.807) is 31.9 Å². The zero-order chi connectivity index (χ0) is 25.4. The average molecular weight is 538 g/mol. The van der Waals surface area contributed by atoms with Gasteiger partial charge in [-0.3, -0.25) is 19.3 Å². The van der Waals surface area contributed by atoms with E-state index in [1.165, 1.54) is 4.90 Å². The van der Waals surface area contributed by atoms with Gasteiger partial charge in [-0.05, 0) is 61.1 Å². The van der Waals surface area contributed by atoms with Gasteiger partial charge < -0.3 is 9.47 Å². The lowest BCUT2D eigenvalue weighted by Crippen LogP contribution is -2.31. The molecule has 2 amide bonds. The van der Waals surface area contributed by atoms with Gasteiger partial charge in [0.15, 0.2) is 0 Å². The first-order valence-corrected chi connectivity index (χ1v) is 13.3. The van der Waals surface area contributed by atoms with Crippen molar-refractivity contribution in [3.05, 3.63) is 57.6 Å². The molecule has 0 bridgehead atoms. The second-order valence-corrected chi connectivity index (χ2v) is 10.1. The maximum absolute atomic E-state index is 12.2. The van der Waals surface area contributed by atoms with Crippen LogP contribution in [0.15, 0.2) is 41.3 Å². The van der Waals surface area contributed by atoms with Crippen molar-refractivity contribution in [1.29, 1.82) is 0 Å². The van der Waals surface area contributed by atoms with E-state index in [0.29, 0.717) is 48.2 Å². The van der Waals surface area contributed by atoms with E-state index in [1.807, 2.05) is 30.3 Å². The molecule has 2 aromatic rings. The molecule has 9 heteroatoms. The molecule has 3 rings (SSSR count). The smallest absolute Gasteiger partial charge is 0.306 e. The fourth-order valence-electron chi connectivity index (χ4n) is 4.02. The zero-order valence-electron chi connectivity index (χ0n) is 19.9. The first-order valence-electron chi connectivity index (χ1n) is 11.6. The number of hydrogen-bond acceptors (Lipinski definition) is 6. The number of nitrogens with zero attached hydrogens (tertiary/aromatic N) is 1. The molecule has 188 valence electrons. The lowest BCUT2D eigenvalue weighted by Gasteiger charge is -2.18. The number of amides is 2. The third-order valence-corrected chi connectivity index (χ3v) is 7.64. The fraction of sp³-hybridized carbons (Fsp3) is 0.423. The molecule has 35 heavy (non-hydrogen) atoms. The van der Waals surface area contributed by atoms with Crippen LogP contribution in [0.25, 0.3) is 0 Å². The number of carbonyl (C=O) groups is 3. The highest BCUT2D eigenvalue weighted by Crippen LogP contribution is 2.34.